The number of hydrogen-bond acceptors (Lipinski definition) is 4. The van der Waals surface area contributed by atoms with Crippen LogP contribution in [0.25, 0.3) is 0 Å². The fourth-order valence-corrected chi connectivity index (χ4v) is 1.99. The van der Waals surface area contributed by atoms with Crippen molar-refractivity contribution in [3.05, 3.63) is 28.8 Å². The predicted octanol–water partition coefficient (Wildman–Crippen LogP) is 1.40. The van der Waals surface area contributed by atoms with Crippen LogP contribution in [0.4, 0.5) is 0 Å². The second-order valence-electron chi connectivity index (χ2n) is 3.48. The van der Waals surface area contributed by atoms with Crippen molar-refractivity contribution in [3.8, 4) is 5.75 Å². The fourth-order valence-electron chi connectivity index (χ4n) is 1.10. The fraction of sp³-hybridized carbons (Fsp3) is 0.300. The molecule has 0 aromatic heterocycles. The van der Waals surface area contributed by atoms with Crippen LogP contribution in [0.15, 0.2) is 18.2 Å². The molecule has 1 aromatic rings. The third-order valence-corrected chi connectivity index (χ3v) is 3.37. The largest absolute Gasteiger partial charge is 0.492 e. The van der Waals surface area contributed by atoms with Gasteiger partial charge in [0.2, 0.25) is 0 Å². The molecule has 0 bridgehead atoms. The summed E-state index contributed by atoms with van der Waals surface area (Å²) in [5.74, 6) is 0.445. The number of thiocarbonyl (C=S) groups is 1. The van der Waals surface area contributed by atoms with Crippen LogP contribution in [-0.4, -0.2) is 32.0 Å². The molecule has 0 radical (unpaired) electrons. The molecular weight excluding hydrogens is 282 g/mol. The van der Waals surface area contributed by atoms with Crippen molar-refractivity contribution >= 4 is 38.6 Å². The second kappa shape index (κ2) is 5.66. The smallest absolute Gasteiger partial charge is 0.150 e. The quantitative estimate of drug-likeness (QED) is 0.831. The Kier molecular flexibility index (Phi) is 4.73. The van der Waals surface area contributed by atoms with Crippen LogP contribution in [-0.2, 0) is 9.84 Å². The first-order valence-electron chi connectivity index (χ1n) is 4.69. The maximum absolute atomic E-state index is 10.9. The molecule has 2 N–H and O–H groups in total. The summed E-state index contributed by atoms with van der Waals surface area (Å²) in [7, 11) is -3.02. The molecule has 0 saturated heterocycles. The third kappa shape index (κ3) is 4.89. The normalized spacial score (nSPS) is 11.2. The third-order valence-electron chi connectivity index (χ3n) is 1.93. The van der Waals surface area contributed by atoms with Crippen LogP contribution in [0.3, 0.4) is 0 Å². The molecule has 7 heteroatoms. The van der Waals surface area contributed by atoms with Crippen molar-refractivity contribution in [2.75, 3.05) is 18.6 Å². The molecule has 0 amide bonds. The summed E-state index contributed by atoms with van der Waals surface area (Å²) in [6.07, 6.45) is 1.15. The van der Waals surface area contributed by atoms with Crippen molar-refractivity contribution in [1.82, 2.24) is 0 Å². The summed E-state index contributed by atoms with van der Waals surface area (Å²) in [5, 5.41) is 0.384. The van der Waals surface area contributed by atoms with Gasteiger partial charge in [0, 0.05) is 11.8 Å². The molecule has 0 atom stereocenters. The molecule has 1 aromatic carbocycles. The Morgan fingerprint density at radius 3 is 2.65 bits per heavy atom. The number of hydrogen-bond donors (Lipinski definition) is 1. The highest BCUT2D eigenvalue weighted by Gasteiger charge is 2.06. The molecule has 17 heavy (non-hydrogen) atoms. The molecule has 0 aliphatic rings. The van der Waals surface area contributed by atoms with Gasteiger partial charge in [0.05, 0.1) is 10.8 Å². The molecule has 0 fully saturated rings. The number of benzene rings is 1. The first-order valence-corrected chi connectivity index (χ1v) is 7.54. The number of sulfone groups is 1. The summed E-state index contributed by atoms with van der Waals surface area (Å²) >= 11 is 10.7. The van der Waals surface area contributed by atoms with Gasteiger partial charge < -0.3 is 10.5 Å². The highest BCUT2D eigenvalue weighted by Crippen LogP contribution is 2.22. The number of halogens is 1. The van der Waals surface area contributed by atoms with Crippen LogP contribution in [0.5, 0.6) is 5.75 Å². The minimum atomic E-state index is -3.02. The Hall–Kier alpha value is -0.850. The summed E-state index contributed by atoms with van der Waals surface area (Å²) in [5.41, 5.74) is 6.02. The molecule has 0 aliphatic heterocycles. The Bertz CT molecular complexity index is 528. The van der Waals surface area contributed by atoms with Gasteiger partial charge in [-0.1, -0.05) is 23.8 Å². The van der Waals surface area contributed by atoms with E-state index < -0.39 is 9.84 Å². The predicted molar refractivity (Wildman–Crippen MR) is 72.5 cm³/mol. The second-order valence-corrected chi connectivity index (χ2v) is 6.59. The summed E-state index contributed by atoms with van der Waals surface area (Å²) < 4.78 is 27.0. The summed E-state index contributed by atoms with van der Waals surface area (Å²) in [4.78, 5) is 0.206. The van der Waals surface area contributed by atoms with Crippen LogP contribution >= 0.6 is 23.8 Å². The Balaban J connectivity index is 2.68. The lowest BCUT2D eigenvalue weighted by Gasteiger charge is -2.07. The van der Waals surface area contributed by atoms with E-state index in [9.17, 15) is 8.42 Å². The zero-order valence-corrected chi connectivity index (χ0v) is 11.5. The Morgan fingerprint density at radius 1 is 1.53 bits per heavy atom. The van der Waals surface area contributed by atoms with Gasteiger partial charge in [0.15, 0.2) is 9.84 Å². The zero-order valence-electron chi connectivity index (χ0n) is 9.14. The lowest BCUT2D eigenvalue weighted by atomic mass is 10.2. The lowest BCUT2D eigenvalue weighted by Crippen LogP contribution is -2.13. The van der Waals surface area contributed by atoms with Crippen molar-refractivity contribution < 1.29 is 13.2 Å². The average Bonchev–Trinajstić information content (AvgIpc) is 2.15. The first-order chi connectivity index (χ1) is 7.79. The monoisotopic (exact) mass is 293 g/mol. The van der Waals surface area contributed by atoms with Gasteiger partial charge in [-0.05, 0) is 18.2 Å². The van der Waals surface area contributed by atoms with E-state index in [2.05, 4.69) is 0 Å². The van der Waals surface area contributed by atoms with Crippen LogP contribution < -0.4 is 10.5 Å². The van der Waals surface area contributed by atoms with E-state index in [0.29, 0.717) is 16.3 Å². The maximum Gasteiger partial charge on any atom is 0.150 e. The van der Waals surface area contributed by atoms with Gasteiger partial charge in [0.25, 0.3) is 0 Å². The molecule has 94 valence electrons. The summed E-state index contributed by atoms with van der Waals surface area (Å²) in [6.45, 7) is 0.0849. The van der Waals surface area contributed by atoms with Crippen LogP contribution in [0.2, 0.25) is 5.02 Å². The SMILES string of the molecule is CS(=O)(=O)CCOc1ccc(C(N)=S)c(Cl)c1. The van der Waals surface area contributed by atoms with Gasteiger partial charge in [0.1, 0.15) is 17.3 Å². The minimum Gasteiger partial charge on any atom is -0.492 e. The van der Waals surface area contributed by atoms with Crippen molar-refractivity contribution in [2.24, 2.45) is 5.73 Å². The van der Waals surface area contributed by atoms with E-state index >= 15 is 0 Å². The topological polar surface area (TPSA) is 69.4 Å². The lowest BCUT2D eigenvalue weighted by molar-refractivity contribution is 0.341. The van der Waals surface area contributed by atoms with Gasteiger partial charge in [-0.3, -0.25) is 0 Å². The molecule has 0 saturated carbocycles. The molecule has 1 rings (SSSR count). The number of rotatable bonds is 5. The van der Waals surface area contributed by atoms with E-state index in [1.807, 2.05) is 0 Å². The van der Waals surface area contributed by atoms with Crippen molar-refractivity contribution in [2.45, 2.75) is 0 Å². The zero-order chi connectivity index (χ0) is 13.1. The highest BCUT2D eigenvalue weighted by molar-refractivity contribution is 7.90. The van der Waals surface area contributed by atoms with Crippen molar-refractivity contribution in [3.63, 3.8) is 0 Å². The van der Waals surface area contributed by atoms with Gasteiger partial charge >= 0.3 is 0 Å². The number of ether oxygens (including phenoxy) is 1. The molecule has 0 unspecified atom stereocenters. The Morgan fingerprint density at radius 2 is 2.18 bits per heavy atom. The van der Waals surface area contributed by atoms with Crippen LogP contribution in [0.1, 0.15) is 5.56 Å². The molecule has 0 aliphatic carbocycles. The Labute approximate surface area is 111 Å². The van der Waals surface area contributed by atoms with Gasteiger partial charge in [-0.25, -0.2) is 8.42 Å². The first kappa shape index (κ1) is 14.2. The van der Waals surface area contributed by atoms with Crippen LogP contribution in [0, 0.1) is 0 Å². The van der Waals surface area contributed by atoms with Crippen molar-refractivity contribution in [1.29, 1.82) is 0 Å². The molecule has 0 spiro atoms. The van der Waals surface area contributed by atoms with Gasteiger partial charge in [-0.2, -0.15) is 0 Å². The molecule has 4 nitrogen and oxygen atoms in total. The number of nitrogens with two attached hydrogens (primary N) is 1. The minimum absolute atomic E-state index is 0.0400. The maximum atomic E-state index is 10.9. The van der Waals surface area contributed by atoms with E-state index in [-0.39, 0.29) is 17.3 Å². The van der Waals surface area contributed by atoms with Gasteiger partial charge in [-0.15, -0.1) is 0 Å². The van der Waals surface area contributed by atoms with E-state index in [1.165, 1.54) is 0 Å². The standard InChI is InChI=1S/C10H12ClNO3S2/c1-17(13,14)5-4-15-7-2-3-8(10(12)16)9(11)6-7/h2-3,6H,4-5H2,1H3,(H2,12,16). The molecule has 0 heterocycles. The average molecular weight is 294 g/mol. The van der Waals surface area contributed by atoms with E-state index in [0.717, 1.165) is 6.26 Å². The van der Waals surface area contributed by atoms with E-state index in [1.54, 1.807) is 18.2 Å². The highest BCUT2D eigenvalue weighted by atomic mass is 35.5. The summed E-state index contributed by atoms with van der Waals surface area (Å²) in [6, 6.07) is 4.83. The van der Waals surface area contributed by atoms with E-state index in [4.69, 9.17) is 34.3 Å². The molecular formula is C10H12ClNO3S2.